The van der Waals surface area contributed by atoms with E-state index in [0.717, 1.165) is 43.7 Å². The minimum atomic E-state index is 0.140. The zero-order valence-electron chi connectivity index (χ0n) is 13.0. The number of nitrogens with zero attached hydrogens (tertiary/aromatic N) is 5. The number of carbonyl (C=O) groups is 1. The maximum Gasteiger partial charge on any atom is 0.244 e. The SMILES string of the molecule is Cc1cnn(CC(=O)N2CCC(CCc3noc(C)n3)C2)c1. The van der Waals surface area contributed by atoms with Gasteiger partial charge in [-0.3, -0.25) is 9.48 Å². The van der Waals surface area contributed by atoms with E-state index in [-0.39, 0.29) is 5.91 Å². The third-order valence-corrected chi connectivity index (χ3v) is 4.04. The summed E-state index contributed by atoms with van der Waals surface area (Å²) in [5, 5.41) is 8.08. The van der Waals surface area contributed by atoms with Crippen molar-refractivity contribution < 1.29 is 9.32 Å². The molecule has 3 rings (SSSR count). The van der Waals surface area contributed by atoms with Gasteiger partial charge in [-0.05, 0) is 31.2 Å². The zero-order chi connectivity index (χ0) is 15.5. The summed E-state index contributed by atoms with van der Waals surface area (Å²) < 4.78 is 6.67. The van der Waals surface area contributed by atoms with Crippen LogP contribution in [0.25, 0.3) is 0 Å². The molecule has 0 aliphatic carbocycles. The standard InChI is InChI=1S/C15H21N5O2/c1-11-7-16-20(8-11)10-15(21)19-6-5-13(9-19)3-4-14-17-12(2)22-18-14/h7-8,13H,3-6,9-10H2,1-2H3. The van der Waals surface area contributed by atoms with Crippen molar-refractivity contribution in [3.8, 4) is 0 Å². The van der Waals surface area contributed by atoms with E-state index in [1.54, 1.807) is 17.8 Å². The number of aromatic nitrogens is 4. The van der Waals surface area contributed by atoms with Crippen molar-refractivity contribution >= 4 is 5.91 Å². The molecular formula is C15H21N5O2. The van der Waals surface area contributed by atoms with Gasteiger partial charge < -0.3 is 9.42 Å². The van der Waals surface area contributed by atoms with Crippen LogP contribution in [0.15, 0.2) is 16.9 Å². The Labute approximate surface area is 129 Å². The number of aryl methyl sites for hydroxylation is 3. The third-order valence-electron chi connectivity index (χ3n) is 4.04. The molecule has 2 aromatic heterocycles. The summed E-state index contributed by atoms with van der Waals surface area (Å²) in [6.07, 6.45) is 6.50. The van der Waals surface area contributed by atoms with Crippen LogP contribution in [-0.2, 0) is 17.8 Å². The van der Waals surface area contributed by atoms with E-state index in [1.807, 2.05) is 18.0 Å². The maximum absolute atomic E-state index is 12.3. The Bertz CT molecular complexity index is 648. The van der Waals surface area contributed by atoms with Crippen LogP contribution in [0.2, 0.25) is 0 Å². The van der Waals surface area contributed by atoms with Crippen LogP contribution >= 0.6 is 0 Å². The fourth-order valence-corrected chi connectivity index (χ4v) is 2.86. The Kier molecular flexibility index (Phi) is 4.22. The van der Waals surface area contributed by atoms with Crippen LogP contribution in [0.4, 0.5) is 0 Å². The largest absolute Gasteiger partial charge is 0.341 e. The zero-order valence-corrected chi connectivity index (χ0v) is 13.0. The summed E-state index contributed by atoms with van der Waals surface area (Å²) in [6, 6.07) is 0. The molecular weight excluding hydrogens is 282 g/mol. The molecule has 1 saturated heterocycles. The molecule has 1 amide bonds. The second kappa shape index (κ2) is 6.29. The van der Waals surface area contributed by atoms with Gasteiger partial charge in [-0.15, -0.1) is 0 Å². The van der Waals surface area contributed by atoms with Crippen molar-refractivity contribution in [3.05, 3.63) is 29.7 Å². The molecule has 0 N–H and O–H groups in total. The summed E-state index contributed by atoms with van der Waals surface area (Å²) in [4.78, 5) is 18.4. The highest BCUT2D eigenvalue weighted by molar-refractivity contribution is 5.76. The Morgan fingerprint density at radius 3 is 3.00 bits per heavy atom. The van der Waals surface area contributed by atoms with E-state index in [0.29, 0.717) is 18.4 Å². The lowest BCUT2D eigenvalue weighted by Gasteiger charge is -2.16. The van der Waals surface area contributed by atoms with Crippen LogP contribution in [-0.4, -0.2) is 43.8 Å². The lowest BCUT2D eigenvalue weighted by molar-refractivity contribution is -0.131. The Hall–Kier alpha value is -2.18. The number of amides is 1. The molecule has 0 spiro atoms. The average molecular weight is 303 g/mol. The number of carbonyl (C=O) groups excluding carboxylic acids is 1. The maximum atomic E-state index is 12.3. The van der Waals surface area contributed by atoms with Gasteiger partial charge in [0, 0.05) is 32.6 Å². The second-order valence-corrected chi connectivity index (χ2v) is 5.98. The van der Waals surface area contributed by atoms with Crippen LogP contribution in [0.3, 0.4) is 0 Å². The van der Waals surface area contributed by atoms with Gasteiger partial charge in [0.25, 0.3) is 0 Å². The molecule has 22 heavy (non-hydrogen) atoms. The molecule has 0 aromatic carbocycles. The van der Waals surface area contributed by atoms with Gasteiger partial charge in [0.2, 0.25) is 11.8 Å². The van der Waals surface area contributed by atoms with Crippen LogP contribution in [0.5, 0.6) is 0 Å². The molecule has 1 fully saturated rings. The van der Waals surface area contributed by atoms with Crippen LogP contribution in [0.1, 0.15) is 30.1 Å². The highest BCUT2D eigenvalue weighted by Gasteiger charge is 2.26. The molecule has 2 aromatic rings. The van der Waals surface area contributed by atoms with Crippen molar-refractivity contribution in [2.75, 3.05) is 13.1 Å². The van der Waals surface area contributed by atoms with Gasteiger partial charge in [-0.25, -0.2) is 0 Å². The fraction of sp³-hybridized carbons (Fsp3) is 0.600. The fourth-order valence-electron chi connectivity index (χ4n) is 2.86. The van der Waals surface area contributed by atoms with E-state index in [4.69, 9.17) is 4.52 Å². The number of hydrogen-bond donors (Lipinski definition) is 0. The van der Waals surface area contributed by atoms with E-state index in [1.165, 1.54) is 0 Å². The first-order valence-electron chi connectivity index (χ1n) is 7.66. The Morgan fingerprint density at radius 2 is 2.32 bits per heavy atom. The molecule has 0 radical (unpaired) electrons. The molecule has 0 saturated carbocycles. The lowest BCUT2D eigenvalue weighted by atomic mass is 10.0. The number of hydrogen-bond acceptors (Lipinski definition) is 5. The van der Waals surface area contributed by atoms with E-state index in [9.17, 15) is 4.79 Å². The van der Waals surface area contributed by atoms with Gasteiger partial charge in [-0.1, -0.05) is 5.16 Å². The molecule has 1 unspecified atom stereocenters. The van der Waals surface area contributed by atoms with Crippen molar-refractivity contribution in [2.24, 2.45) is 5.92 Å². The monoisotopic (exact) mass is 303 g/mol. The highest BCUT2D eigenvalue weighted by atomic mass is 16.5. The predicted molar refractivity (Wildman–Crippen MR) is 79.0 cm³/mol. The summed E-state index contributed by atoms with van der Waals surface area (Å²) >= 11 is 0. The minimum absolute atomic E-state index is 0.140. The second-order valence-electron chi connectivity index (χ2n) is 5.98. The molecule has 1 aliphatic heterocycles. The summed E-state index contributed by atoms with van der Waals surface area (Å²) in [5.41, 5.74) is 1.07. The van der Waals surface area contributed by atoms with Crippen LogP contribution < -0.4 is 0 Å². The summed E-state index contributed by atoms with van der Waals surface area (Å²) in [7, 11) is 0. The first-order valence-corrected chi connectivity index (χ1v) is 7.66. The molecule has 7 nitrogen and oxygen atoms in total. The van der Waals surface area contributed by atoms with Gasteiger partial charge >= 0.3 is 0 Å². The molecule has 7 heteroatoms. The first kappa shape index (κ1) is 14.7. The average Bonchev–Trinajstić information content (AvgIpc) is 3.18. The Morgan fingerprint density at radius 1 is 1.45 bits per heavy atom. The van der Waals surface area contributed by atoms with E-state index < -0.39 is 0 Å². The van der Waals surface area contributed by atoms with Crippen molar-refractivity contribution in [2.45, 2.75) is 39.7 Å². The molecule has 118 valence electrons. The molecule has 1 aliphatic rings. The molecule has 1 atom stereocenters. The van der Waals surface area contributed by atoms with Gasteiger partial charge in [0.05, 0.1) is 6.20 Å². The first-order chi connectivity index (χ1) is 10.6. The van der Waals surface area contributed by atoms with Gasteiger partial charge in [-0.2, -0.15) is 10.1 Å². The number of rotatable bonds is 5. The lowest BCUT2D eigenvalue weighted by Crippen LogP contribution is -2.32. The highest BCUT2D eigenvalue weighted by Crippen LogP contribution is 2.21. The quantitative estimate of drug-likeness (QED) is 0.833. The molecule has 0 bridgehead atoms. The third kappa shape index (κ3) is 3.52. The van der Waals surface area contributed by atoms with E-state index in [2.05, 4.69) is 15.2 Å². The van der Waals surface area contributed by atoms with Gasteiger partial charge in [0.15, 0.2) is 5.82 Å². The Balaban J connectivity index is 1.46. The minimum Gasteiger partial charge on any atom is -0.341 e. The summed E-state index contributed by atoms with van der Waals surface area (Å²) in [5.74, 6) is 2.02. The van der Waals surface area contributed by atoms with E-state index >= 15 is 0 Å². The number of likely N-dealkylation sites (tertiary alicyclic amines) is 1. The summed E-state index contributed by atoms with van der Waals surface area (Å²) in [6.45, 7) is 5.73. The van der Waals surface area contributed by atoms with Crippen molar-refractivity contribution in [1.82, 2.24) is 24.8 Å². The van der Waals surface area contributed by atoms with Crippen molar-refractivity contribution in [3.63, 3.8) is 0 Å². The van der Waals surface area contributed by atoms with Crippen molar-refractivity contribution in [1.29, 1.82) is 0 Å². The van der Waals surface area contributed by atoms with Gasteiger partial charge in [0.1, 0.15) is 6.54 Å². The topological polar surface area (TPSA) is 77.0 Å². The molecule has 3 heterocycles. The predicted octanol–water partition coefficient (Wildman–Crippen LogP) is 1.36. The van der Waals surface area contributed by atoms with Crippen LogP contribution in [0, 0.1) is 19.8 Å². The smallest absolute Gasteiger partial charge is 0.244 e. The normalized spacial score (nSPS) is 18.1.